The second kappa shape index (κ2) is 10.4. The zero-order valence-electron chi connectivity index (χ0n) is 12.6. The Bertz CT molecular complexity index is 399. The smallest absolute Gasteiger partial charge is 0.160 e. The molecule has 0 bridgehead atoms. The fourth-order valence-electron chi connectivity index (χ4n) is 1.79. The minimum absolute atomic E-state index is 0.177. The Labute approximate surface area is 122 Å². The number of ether oxygens (including phenoxy) is 3. The van der Waals surface area contributed by atoms with E-state index < -0.39 is 0 Å². The standard InChI is InChI=1S/C17H24O3/c1-4-18-16(14-17(19-5-2)20-6-3)13-12-15-10-8-7-9-11-15/h7-11,16-17H,4-6,14H2,1-3H3. The van der Waals surface area contributed by atoms with E-state index in [1.54, 1.807) is 0 Å². The van der Waals surface area contributed by atoms with Crippen LogP contribution in [-0.4, -0.2) is 32.2 Å². The second-order valence-corrected chi connectivity index (χ2v) is 4.16. The van der Waals surface area contributed by atoms with Crippen molar-refractivity contribution in [1.29, 1.82) is 0 Å². The number of hydrogen-bond acceptors (Lipinski definition) is 3. The molecule has 3 nitrogen and oxygen atoms in total. The van der Waals surface area contributed by atoms with Gasteiger partial charge < -0.3 is 14.2 Å². The van der Waals surface area contributed by atoms with Crippen molar-refractivity contribution < 1.29 is 14.2 Å². The quantitative estimate of drug-likeness (QED) is 0.539. The van der Waals surface area contributed by atoms with Crippen LogP contribution in [0.5, 0.6) is 0 Å². The molecule has 1 aromatic carbocycles. The third-order valence-corrected chi connectivity index (χ3v) is 2.63. The van der Waals surface area contributed by atoms with Gasteiger partial charge in [0.15, 0.2) is 6.29 Å². The van der Waals surface area contributed by atoms with E-state index in [1.165, 1.54) is 0 Å². The summed E-state index contributed by atoms with van der Waals surface area (Å²) in [4.78, 5) is 0. The molecular weight excluding hydrogens is 252 g/mol. The van der Waals surface area contributed by atoms with Gasteiger partial charge in [0.1, 0.15) is 6.10 Å². The zero-order chi connectivity index (χ0) is 14.6. The predicted octanol–water partition coefficient (Wildman–Crippen LogP) is 3.23. The summed E-state index contributed by atoms with van der Waals surface area (Å²) >= 11 is 0. The third-order valence-electron chi connectivity index (χ3n) is 2.63. The van der Waals surface area contributed by atoms with Crippen LogP contribution in [0.2, 0.25) is 0 Å². The van der Waals surface area contributed by atoms with Crippen LogP contribution in [0.4, 0.5) is 0 Å². The topological polar surface area (TPSA) is 27.7 Å². The Kier molecular flexibility index (Phi) is 8.73. The Hall–Kier alpha value is -1.34. The molecule has 20 heavy (non-hydrogen) atoms. The molecule has 0 heterocycles. The summed E-state index contributed by atoms with van der Waals surface area (Å²) < 4.78 is 16.7. The van der Waals surface area contributed by atoms with Gasteiger partial charge in [-0.1, -0.05) is 30.0 Å². The van der Waals surface area contributed by atoms with Crippen molar-refractivity contribution >= 4 is 0 Å². The maximum Gasteiger partial charge on any atom is 0.160 e. The van der Waals surface area contributed by atoms with Crippen LogP contribution in [-0.2, 0) is 14.2 Å². The molecule has 110 valence electrons. The van der Waals surface area contributed by atoms with Gasteiger partial charge in [-0.2, -0.15) is 0 Å². The highest BCUT2D eigenvalue weighted by Gasteiger charge is 2.15. The summed E-state index contributed by atoms with van der Waals surface area (Å²) in [5.41, 5.74) is 0.988. The van der Waals surface area contributed by atoms with Crippen LogP contribution in [0.1, 0.15) is 32.8 Å². The summed E-state index contributed by atoms with van der Waals surface area (Å²) in [5.74, 6) is 6.29. The van der Waals surface area contributed by atoms with Crippen molar-refractivity contribution in [1.82, 2.24) is 0 Å². The third kappa shape index (κ3) is 6.72. The molecule has 0 amide bonds. The molecule has 0 aliphatic carbocycles. The number of rotatable bonds is 8. The van der Waals surface area contributed by atoms with Crippen molar-refractivity contribution in [3.05, 3.63) is 35.9 Å². The lowest BCUT2D eigenvalue weighted by Crippen LogP contribution is -2.25. The van der Waals surface area contributed by atoms with E-state index in [2.05, 4.69) is 11.8 Å². The molecule has 0 N–H and O–H groups in total. The molecule has 3 heteroatoms. The lowest BCUT2D eigenvalue weighted by Gasteiger charge is -2.20. The van der Waals surface area contributed by atoms with Crippen molar-refractivity contribution in [3.63, 3.8) is 0 Å². The number of benzene rings is 1. The van der Waals surface area contributed by atoms with Crippen molar-refractivity contribution in [2.45, 2.75) is 39.6 Å². The number of hydrogen-bond donors (Lipinski definition) is 0. The maximum atomic E-state index is 5.65. The van der Waals surface area contributed by atoms with Gasteiger partial charge in [0, 0.05) is 31.8 Å². The van der Waals surface area contributed by atoms with Crippen LogP contribution in [0.3, 0.4) is 0 Å². The van der Waals surface area contributed by atoms with E-state index in [0.717, 1.165) is 5.56 Å². The average molecular weight is 276 g/mol. The van der Waals surface area contributed by atoms with E-state index in [4.69, 9.17) is 14.2 Å². The largest absolute Gasteiger partial charge is 0.366 e. The second-order valence-electron chi connectivity index (χ2n) is 4.16. The molecular formula is C17H24O3. The Balaban J connectivity index is 2.65. The Morgan fingerprint density at radius 1 is 0.900 bits per heavy atom. The Morgan fingerprint density at radius 3 is 2.05 bits per heavy atom. The van der Waals surface area contributed by atoms with Crippen LogP contribution in [0, 0.1) is 11.8 Å². The minimum Gasteiger partial charge on any atom is -0.366 e. The molecule has 0 saturated carbocycles. The van der Waals surface area contributed by atoms with Crippen LogP contribution >= 0.6 is 0 Å². The first kappa shape index (κ1) is 16.7. The zero-order valence-corrected chi connectivity index (χ0v) is 12.6. The lowest BCUT2D eigenvalue weighted by atomic mass is 10.2. The summed E-state index contributed by atoms with van der Waals surface area (Å²) in [7, 11) is 0. The van der Waals surface area contributed by atoms with E-state index in [9.17, 15) is 0 Å². The first-order chi connectivity index (χ1) is 9.80. The van der Waals surface area contributed by atoms with Gasteiger partial charge in [0.05, 0.1) is 0 Å². The summed E-state index contributed by atoms with van der Waals surface area (Å²) in [6, 6.07) is 9.90. The highest BCUT2D eigenvalue weighted by Crippen LogP contribution is 2.08. The van der Waals surface area contributed by atoms with Gasteiger partial charge in [-0.25, -0.2) is 0 Å². The molecule has 1 unspecified atom stereocenters. The van der Waals surface area contributed by atoms with Crippen LogP contribution in [0.25, 0.3) is 0 Å². The van der Waals surface area contributed by atoms with Crippen LogP contribution < -0.4 is 0 Å². The average Bonchev–Trinajstić information content (AvgIpc) is 2.46. The molecule has 0 saturated heterocycles. The maximum absolute atomic E-state index is 5.65. The molecule has 1 rings (SSSR count). The highest BCUT2D eigenvalue weighted by atomic mass is 16.7. The normalized spacial score (nSPS) is 12.0. The molecule has 0 aliphatic rings. The van der Waals surface area contributed by atoms with Crippen molar-refractivity contribution in [2.75, 3.05) is 19.8 Å². The van der Waals surface area contributed by atoms with Crippen LogP contribution in [0.15, 0.2) is 30.3 Å². The summed E-state index contributed by atoms with van der Waals surface area (Å²) in [6.07, 6.45) is 0.185. The predicted molar refractivity (Wildman–Crippen MR) is 80.4 cm³/mol. The molecule has 0 spiro atoms. The fraction of sp³-hybridized carbons (Fsp3) is 0.529. The summed E-state index contributed by atoms with van der Waals surface area (Å²) in [6.45, 7) is 7.74. The van der Waals surface area contributed by atoms with Gasteiger partial charge in [-0.3, -0.25) is 0 Å². The van der Waals surface area contributed by atoms with Gasteiger partial charge in [-0.15, -0.1) is 0 Å². The van der Waals surface area contributed by atoms with E-state index in [1.807, 2.05) is 51.1 Å². The van der Waals surface area contributed by atoms with Crippen molar-refractivity contribution in [2.24, 2.45) is 0 Å². The van der Waals surface area contributed by atoms with E-state index in [0.29, 0.717) is 26.2 Å². The first-order valence-corrected chi connectivity index (χ1v) is 7.21. The molecule has 0 fully saturated rings. The molecule has 0 aromatic heterocycles. The van der Waals surface area contributed by atoms with Crippen molar-refractivity contribution in [3.8, 4) is 11.8 Å². The minimum atomic E-state index is -0.258. The molecule has 0 aliphatic heterocycles. The molecule has 0 radical (unpaired) electrons. The fourth-order valence-corrected chi connectivity index (χ4v) is 1.79. The monoisotopic (exact) mass is 276 g/mol. The Morgan fingerprint density at radius 2 is 1.50 bits per heavy atom. The molecule has 1 aromatic rings. The molecule has 1 atom stereocenters. The van der Waals surface area contributed by atoms with E-state index in [-0.39, 0.29) is 12.4 Å². The SMILES string of the molecule is CCOC(C#Cc1ccccc1)CC(OCC)OCC. The van der Waals surface area contributed by atoms with Gasteiger partial charge in [0.25, 0.3) is 0 Å². The van der Waals surface area contributed by atoms with Gasteiger partial charge in [0.2, 0.25) is 0 Å². The van der Waals surface area contributed by atoms with Gasteiger partial charge >= 0.3 is 0 Å². The lowest BCUT2D eigenvalue weighted by molar-refractivity contribution is -0.152. The van der Waals surface area contributed by atoms with Gasteiger partial charge in [-0.05, 0) is 32.9 Å². The highest BCUT2D eigenvalue weighted by molar-refractivity contribution is 5.34. The van der Waals surface area contributed by atoms with E-state index >= 15 is 0 Å². The summed E-state index contributed by atoms with van der Waals surface area (Å²) in [5, 5.41) is 0. The first-order valence-electron chi connectivity index (χ1n) is 7.21.